The number of aliphatic imine (C=N–C) groups is 3. The molecule has 0 radical (unpaired) electrons. The van der Waals surface area contributed by atoms with Gasteiger partial charge in [0.05, 0.1) is 6.26 Å². The van der Waals surface area contributed by atoms with Crippen LogP contribution >= 0.6 is 0 Å². The van der Waals surface area contributed by atoms with Crippen molar-refractivity contribution >= 4 is 18.8 Å². The lowest BCUT2D eigenvalue weighted by Gasteiger charge is -1.90. The second-order valence-electron chi connectivity index (χ2n) is 3.02. The molecule has 0 aromatic rings. The summed E-state index contributed by atoms with van der Waals surface area (Å²) >= 11 is 0. The lowest BCUT2D eigenvalue weighted by molar-refractivity contribution is 0.290. The van der Waals surface area contributed by atoms with Gasteiger partial charge in [-0.25, -0.2) is 9.98 Å². The van der Waals surface area contributed by atoms with Crippen LogP contribution in [0.1, 0.15) is 0 Å². The predicted octanol–water partition coefficient (Wildman–Crippen LogP) is 2.84. The van der Waals surface area contributed by atoms with Crippen molar-refractivity contribution in [3.05, 3.63) is 61.2 Å². The van der Waals surface area contributed by atoms with Gasteiger partial charge in [-0.1, -0.05) is 12.2 Å². The first-order chi connectivity index (χ1) is 9.00. The minimum Gasteiger partial charge on any atom is -0.497 e. The maximum atomic E-state index is 5.21. The van der Waals surface area contributed by atoms with Crippen molar-refractivity contribution in [2.24, 2.45) is 15.0 Å². The van der Waals surface area contributed by atoms with Gasteiger partial charge in [-0.3, -0.25) is 4.99 Å². The zero-order valence-electron chi connectivity index (χ0n) is 9.96. The van der Waals surface area contributed by atoms with Crippen molar-refractivity contribution in [3.8, 4) is 0 Å². The van der Waals surface area contributed by atoms with Crippen molar-refractivity contribution in [1.82, 2.24) is 0 Å². The van der Waals surface area contributed by atoms with Gasteiger partial charge in [0.1, 0.15) is 12.9 Å². The van der Waals surface area contributed by atoms with Crippen molar-refractivity contribution in [2.75, 3.05) is 6.61 Å². The van der Waals surface area contributed by atoms with Crippen molar-refractivity contribution in [1.29, 1.82) is 0 Å². The zero-order valence-corrected chi connectivity index (χ0v) is 9.96. The van der Waals surface area contributed by atoms with Crippen LogP contribution in [0.25, 0.3) is 0 Å². The van der Waals surface area contributed by atoms with Gasteiger partial charge < -0.3 is 4.74 Å². The third-order valence-electron chi connectivity index (χ3n) is 1.66. The Hall–Kier alpha value is -2.49. The number of allylic oxidation sites excluding steroid dienone is 6. The maximum Gasteiger partial charge on any atom is 0.115 e. The quantitative estimate of drug-likeness (QED) is 0.643. The Bertz CT molecular complexity index is 396. The molecule has 4 heteroatoms. The molecule has 0 aliphatic carbocycles. The first-order valence-electron chi connectivity index (χ1n) is 5.48. The molecule has 0 N–H and O–H groups in total. The van der Waals surface area contributed by atoms with Crippen LogP contribution in [0.4, 0.5) is 0 Å². The van der Waals surface area contributed by atoms with E-state index >= 15 is 0 Å². The van der Waals surface area contributed by atoms with Crippen molar-refractivity contribution in [2.45, 2.75) is 0 Å². The van der Waals surface area contributed by atoms with E-state index in [1.807, 2.05) is 30.4 Å². The van der Waals surface area contributed by atoms with Gasteiger partial charge >= 0.3 is 0 Å². The molecule has 0 unspecified atom stereocenters. The molecule has 0 aromatic heterocycles. The van der Waals surface area contributed by atoms with E-state index < -0.39 is 0 Å². The topological polar surface area (TPSA) is 46.3 Å². The molecule has 1 aliphatic heterocycles. The molecule has 0 atom stereocenters. The fourth-order valence-corrected chi connectivity index (χ4v) is 0.912. The highest BCUT2D eigenvalue weighted by Gasteiger charge is 1.72. The molecule has 18 heavy (non-hydrogen) atoms. The number of rotatable bonds is 0. The Morgan fingerprint density at radius 3 is 2.61 bits per heavy atom. The zero-order chi connectivity index (χ0) is 12.7. The van der Waals surface area contributed by atoms with Crippen LogP contribution in [0.2, 0.25) is 0 Å². The predicted molar refractivity (Wildman–Crippen MR) is 77.1 cm³/mol. The van der Waals surface area contributed by atoms with E-state index in [2.05, 4.69) is 15.0 Å². The van der Waals surface area contributed by atoms with E-state index in [4.69, 9.17) is 4.74 Å². The first kappa shape index (κ1) is 13.6. The Morgan fingerprint density at radius 1 is 0.722 bits per heavy atom. The summed E-state index contributed by atoms with van der Waals surface area (Å²) in [5.74, 6) is 0. The molecule has 0 fully saturated rings. The average Bonchev–Trinajstić information content (AvgIpc) is 2.39. The summed E-state index contributed by atoms with van der Waals surface area (Å²) < 4.78 is 5.21. The highest BCUT2D eigenvalue weighted by Crippen LogP contribution is 1.84. The fraction of sp³-hybridized carbons (Fsp3) is 0.0714. The molecule has 0 bridgehead atoms. The first-order valence-corrected chi connectivity index (χ1v) is 5.48. The van der Waals surface area contributed by atoms with Gasteiger partial charge in [0.15, 0.2) is 0 Å². The van der Waals surface area contributed by atoms with Crippen molar-refractivity contribution in [3.63, 3.8) is 0 Å². The average molecular weight is 241 g/mol. The molecular weight excluding hydrogens is 226 g/mol. The monoisotopic (exact) mass is 241 g/mol. The van der Waals surface area contributed by atoms with E-state index in [9.17, 15) is 0 Å². The Balaban J connectivity index is 2.58. The largest absolute Gasteiger partial charge is 0.497 e. The molecular formula is C14H15N3O. The number of nitrogens with zero attached hydrogens (tertiary/aromatic N) is 3. The normalized spacial score (nSPS) is 16.4. The van der Waals surface area contributed by atoms with Crippen molar-refractivity contribution < 1.29 is 4.74 Å². The second-order valence-corrected chi connectivity index (χ2v) is 3.02. The third kappa shape index (κ3) is 8.79. The van der Waals surface area contributed by atoms with Crippen LogP contribution < -0.4 is 0 Å². The maximum absolute atomic E-state index is 5.21. The summed E-state index contributed by atoms with van der Waals surface area (Å²) in [4.78, 5) is 11.9. The molecule has 1 heterocycles. The third-order valence-corrected chi connectivity index (χ3v) is 1.66. The summed E-state index contributed by atoms with van der Waals surface area (Å²) in [5.41, 5.74) is 0. The Labute approximate surface area is 107 Å². The van der Waals surface area contributed by atoms with Crippen LogP contribution in [-0.2, 0) is 4.74 Å². The van der Waals surface area contributed by atoms with Crippen LogP contribution in [0, 0.1) is 0 Å². The number of hydrogen-bond donors (Lipinski definition) is 0. The summed E-state index contributed by atoms with van der Waals surface area (Å²) in [6.07, 6.45) is 22.4. The van der Waals surface area contributed by atoms with Crippen LogP contribution in [-0.4, -0.2) is 25.4 Å². The Kier molecular flexibility index (Phi) is 8.30. The fourth-order valence-electron chi connectivity index (χ4n) is 0.912. The second kappa shape index (κ2) is 11.0. The van der Waals surface area contributed by atoms with E-state index in [0.29, 0.717) is 6.61 Å². The van der Waals surface area contributed by atoms with Crippen LogP contribution in [0.15, 0.2) is 76.2 Å². The Morgan fingerprint density at radius 2 is 1.61 bits per heavy atom. The van der Waals surface area contributed by atoms with Gasteiger partial charge in [0, 0.05) is 24.8 Å². The summed E-state index contributed by atoms with van der Waals surface area (Å²) in [7, 11) is 0. The highest BCUT2D eigenvalue weighted by atomic mass is 16.5. The van der Waals surface area contributed by atoms with Gasteiger partial charge in [-0.05, 0) is 30.4 Å². The van der Waals surface area contributed by atoms with E-state index in [-0.39, 0.29) is 0 Å². The number of hydrogen-bond acceptors (Lipinski definition) is 4. The van der Waals surface area contributed by atoms with Crippen LogP contribution in [0.5, 0.6) is 0 Å². The van der Waals surface area contributed by atoms with Gasteiger partial charge in [-0.15, -0.1) is 0 Å². The smallest absolute Gasteiger partial charge is 0.115 e. The number of ether oxygens (including phenoxy) is 1. The summed E-state index contributed by atoms with van der Waals surface area (Å²) in [6, 6.07) is 0. The standard InChI is InChI=1S/C14H15N3O/c1-3-8-15-10-7-11-17-14-16-9-4-2-6-13-18-12-5-1/h1-12,14H,13H2. The molecule has 0 aromatic carbocycles. The minimum atomic E-state index is 0.521. The van der Waals surface area contributed by atoms with E-state index in [0.717, 1.165) is 0 Å². The summed E-state index contributed by atoms with van der Waals surface area (Å²) in [6.45, 7) is 0.521. The molecule has 0 amide bonds. The molecule has 1 rings (SSSR count). The lowest BCUT2D eigenvalue weighted by atomic mass is 10.5. The van der Waals surface area contributed by atoms with Crippen LogP contribution in [0.3, 0.4) is 0 Å². The van der Waals surface area contributed by atoms with Gasteiger partial charge in [-0.2, -0.15) is 0 Å². The lowest BCUT2D eigenvalue weighted by Crippen LogP contribution is -1.78. The molecule has 1 aliphatic rings. The minimum absolute atomic E-state index is 0.521. The summed E-state index contributed by atoms with van der Waals surface area (Å²) in [5, 5.41) is 0. The SMILES string of the molecule is C1=CC=NC=CC=NC=NC=CC=CCOC=C1. The molecule has 92 valence electrons. The highest BCUT2D eigenvalue weighted by molar-refractivity contribution is 5.80. The molecule has 0 saturated carbocycles. The molecule has 0 spiro atoms. The van der Waals surface area contributed by atoms with E-state index in [1.54, 1.807) is 43.2 Å². The molecule has 4 nitrogen and oxygen atoms in total. The van der Waals surface area contributed by atoms with Gasteiger partial charge in [0.25, 0.3) is 0 Å². The van der Waals surface area contributed by atoms with Gasteiger partial charge in [0.2, 0.25) is 0 Å². The molecule has 0 saturated heterocycles. The van der Waals surface area contributed by atoms with E-state index in [1.165, 1.54) is 6.34 Å².